The van der Waals surface area contributed by atoms with Gasteiger partial charge in [-0.1, -0.05) is 0 Å². The van der Waals surface area contributed by atoms with Crippen molar-refractivity contribution >= 4 is 11.0 Å². The molecule has 2 N–H and O–H groups in total. The molecule has 1 aliphatic heterocycles. The fourth-order valence-corrected chi connectivity index (χ4v) is 1.96. The van der Waals surface area contributed by atoms with Gasteiger partial charge in [0.1, 0.15) is 0 Å². The minimum atomic E-state index is 0.951. The lowest BCUT2D eigenvalue weighted by Gasteiger charge is -2.11. The van der Waals surface area contributed by atoms with E-state index in [1.165, 1.54) is 11.3 Å². The topological polar surface area (TPSA) is 40.7 Å². The number of fused-ring (bicyclic) bond motifs is 3. The zero-order chi connectivity index (χ0) is 8.67. The highest BCUT2D eigenvalue weighted by atomic mass is 14.9. The molecule has 0 bridgehead atoms. The Morgan fingerprint density at radius 1 is 1.38 bits per heavy atom. The molecule has 0 spiro atoms. The standard InChI is InChI=1S/C10H11N3/c1-2-9-10(12-4-1)7-6-11-5-3-8(7)13-9/h1-2,4,11,13H,3,5-6H2. The molecule has 0 aliphatic carbocycles. The first-order valence-corrected chi connectivity index (χ1v) is 4.60. The Labute approximate surface area is 76.2 Å². The minimum Gasteiger partial charge on any atom is -0.357 e. The summed E-state index contributed by atoms with van der Waals surface area (Å²) in [4.78, 5) is 7.80. The zero-order valence-corrected chi connectivity index (χ0v) is 7.30. The van der Waals surface area contributed by atoms with Gasteiger partial charge in [0, 0.05) is 37.0 Å². The molecule has 3 heteroatoms. The summed E-state index contributed by atoms with van der Waals surface area (Å²) in [6.07, 6.45) is 2.94. The predicted octanol–water partition coefficient (Wildman–Crippen LogP) is 1.21. The molecule has 0 saturated carbocycles. The van der Waals surface area contributed by atoms with Gasteiger partial charge in [-0.05, 0) is 12.1 Å². The van der Waals surface area contributed by atoms with Crippen LogP contribution in [-0.4, -0.2) is 16.5 Å². The van der Waals surface area contributed by atoms with Gasteiger partial charge in [0.25, 0.3) is 0 Å². The van der Waals surface area contributed by atoms with Gasteiger partial charge in [-0.2, -0.15) is 0 Å². The van der Waals surface area contributed by atoms with E-state index in [0.29, 0.717) is 0 Å². The van der Waals surface area contributed by atoms with Gasteiger partial charge in [-0.25, -0.2) is 0 Å². The predicted molar refractivity (Wildman–Crippen MR) is 51.5 cm³/mol. The molecule has 1 aliphatic rings. The van der Waals surface area contributed by atoms with Crippen LogP contribution < -0.4 is 5.32 Å². The number of pyridine rings is 1. The van der Waals surface area contributed by atoms with Crippen molar-refractivity contribution in [3.63, 3.8) is 0 Å². The molecular weight excluding hydrogens is 162 g/mol. The highest BCUT2D eigenvalue weighted by molar-refractivity contribution is 5.80. The van der Waals surface area contributed by atoms with Crippen LogP contribution in [-0.2, 0) is 13.0 Å². The number of rotatable bonds is 0. The van der Waals surface area contributed by atoms with Crippen LogP contribution in [0.2, 0.25) is 0 Å². The SMILES string of the molecule is c1cnc2c3c([nH]c2c1)CCNC3. The van der Waals surface area contributed by atoms with Crippen LogP contribution >= 0.6 is 0 Å². The van der Waals surface area contributed by atoms with E-state index in [-0.39, 0.29) is 0 Å². The van der Waals surface area contributed by atoms with Gasteiger partial charge >= 0.3 is 0 Å². The van der Waals surface area contributed by atoms with Crippen molar-refractivity contribution in [2.24, 2.45) is 0 Å². The maximum absolute atomic E-state index is 4.38. The Balaban J connectivity index is 2.34. The number of hydrogen-bond donors (Lipinski definition) is 2. The van der Waals surface area contributed by atoms with Gasteiger partial charge in [0.2, 0.25) is 0 Å². The average molecular weight is 173 g/mol. The number of aromatic nitrogens is 2. The Kier molecular flexibility index (Phi) is 1.40. The quantitative estimate of drug-likeness (QED) is 0.628. The van der Waals surface area contributed by atoms with E-state index in [2.05, 4.69) is 21.4 Å². The maximum Gasteiger partial charge on any atom is 0.0926 e. The van der Waals surface area contributed by atoms with E-state index in [1.54, 1.807) is 0 Å². The van der Waals surface area contributed by atoms with Crippen molar-refractivity contribution < 1.29 is 0 Å². The molecule has 3 heterocycles. The summed E-state index contributed by atoms with van der Waals surface area (Å²) in [5.41, 5.74) is 5.00. The lowest BCUT2D eigenvalue weighted by Crippen LogP contribution is -2.23. The number of nitrogens with zero attached hydrogens (tertiary/aromatic N) is 1. The van der Waals surface area contributed by atoms with Crippen molar-refractivity contribution in [1.82, 2.24) is 15.3 Å². The molecule has 0 aromatic carbocycles. The lowest BCUT2D eigenvalue weighted by molar-refractivity contribution is 0.640. The maximum atomic E-state index is 4.38. The third-order valence-electron chi connectivity index (χ3n) is 2.60. The summed E-state index contributed by atoms with van der Waals surface area (Å²) >= 11 is 0. The van der Waals surface area contributed by atoms with Crippen LogP contribution in [0.1, 0.15) is 11.3 Å². The molecule has 66 valence electrons. The molecule has 0 fully saturated rings. The number of H-pyrrole nitrogens is 1. The summed E-state index contributed by atoms with van der Waals surface area (Å²) < 4.78 is 0. The van der Waals surface area contributed by atoms with Crippen LogP contribution in [0.15, 0.2) is 18.3 Å². The van der Waals surface area contributed by atoms with E-state index in [4.69, 9.17) is 0 Å². The fraction of sp³-hybridized carbons (Fsp3) is 0.300. The second kappa shape index (κ2) is 2.57. The zero-order valence-electron chi connectivity index (χ0n) is 7.30. The first kappa shape index (κ1) is 7.09. The fourth-order valence-electron chi connectivity index (χ4n) is 1.96. The van der Waals surface area contributed by atoms with Crippen molar-refractivity contribution in [3.05, 3.63) is 29.6 Å². The minimum absolute atomic E-state index is 0.951. The summed E-state index contributed by atoms with van der Waals surface area (Å²) in [6.45, 7) is 2.02. The summed E-state index contributed by atoms with van der Waals surface area (Å²) in [6, 6.07) is 4.05. The average Bonchev–Trinajstić information content (AvgIpc) is 2.56. The van der Waals surface area contributed by atoms with Crippen molar-refractivity contribution in [3.8, 4) is 0 Å². The van der Waals surface area contributed by atoms with Crippen LogP contribution in [0.25, 0.3) is 11.0 Å². The van der Waals surface area contributed by atoms with Crippen LogP contribution in [0.3, 0.4) is 0 Å². The Morgan fingerprint density at radius 3 is 3.38 bits per heavy atom. The van der Waals surface area contributed by atoms with Crippen LogP contribution in [0, 0.1) is 0 Å². The Bertz CT molecular complexity index is 444. The van der Waals surface area contributed by atoms with Crippen LogP contribution in [0.5, 0.6) is 0 Å². The number of aromatic amines is 1. The molecule has 13 heavy (non-hydrogen) atoms. The van der Waals surface area contributed by atoms with Gasteiger partial charge in [0.05, 0.1) is 11.0 Å². The molecule has 0 amide bonds. The normalized spacial score (nSPS) is 16.0. The molecular formula is C10H11N3. The van der Waals surface area contributed by atoms with Gasteiger partial charge < -0.3 is 10.3 Å². The van der Waals surface area contributed by atoms with Crippen molar-refractivity contribution in [2.45, 2.75) is 13.0 Å². The molecule has 3 nitrogen and oxygen atoms in total. The first-order valence-electron chi connectivity index (χ1n) is 4.60. The third kappa shape index (κ3) is 0.971. The van der Waals surface area contributed by atoms with E-state index in [1.807, 2.05) is 12.3 Å². The first-order chi connectivity index (χ1) is 6.45. The highest BCUT2D eigenvalue weighted by Gasteiger charge is 2.14. The van der Waals surface area contributed by atoms with Gasteiger partial charge in [-0.3, -0.25) is 4.98 Å². The van der Waals surface area contributed by atoms with Gasteiger partial charge in [0.15, 0.2) is 0 Å². The Morgan fingerprint density at radius 2 is 2.38 bits per heavy atom. The molecule has 0 atom stereocenters. The second-order valence-electron chi connectivity index (χ2n) is 3.41. The molecule has 0 unspecified atom stereocenters. The molecule has 2 aromatic heterocycles. The Hall–Kier alpha value is -1.35. The van der Waals surface area contributed by atoms with E-state index < -0.39 is 0 Å². The summed E-state index contributed by atoms with van der Waals surface area (Å²) in [7, 11) is 0. The lowest BCUT2D eigenvalue weighted by atomic mass is 10.1. The molecule has 3 rings (SSSR count). The van der Waals surface area contributed by atoms with Crippen molar-refractivity contribution in [1.29, 1.82) is 0 Å². The smallest absolute Gasteiger partial charge is 0.0926 e. The molecule has 2 aromatic rings. The largest absolute Gasteiger partial charge is 0.357 e. The highest BCUT2D eigenvalue weighted by Crippen LogP contribution is 2.22. The van der Waals surface area contributed by atoms with Gasteiger partial charge in [-0.15, -0.1) is 0 Å². The summed E-state index contributed by atoms with van der Waals surface area (Å²) in [5.74, 6) is 0. The third-order valence-corrected chi connectivity index (χ3v) is 2.60. The monoisotopic (exact) mass is 173 g/mol. The molecule has 0 saturated heterocycles. The number of hydrogen-bond acceptors (Lipinski definition) is 2. The van der Waals surface area contributed by atoms with E-state index in [0.717, 1.165) is 30.5 Å². The summed E-state index contributed by atoms with van der Waals surface area (Å²) in [5, 5.41) is 3.36. The molecule has 0 radical (unpaired) electrons. The van der Waals surface area contributed by atoms with E-state index in [9.17, 15) is 0 Å². The number of nitrogens with one attached hydrogen (secondary N) is 2. The van der Waals surface area contributed by atoms with Crippen LogP contribution in [0.4, 0.5) is 0 Å². The van der Waals surface area contributed by atoms with E-state index >= 15 is 0 Å². The van der Waals surface area contributed by atoms with Crippen molar-refractivity contribution in [2.75, 3.05) is 6.54 Å². The second-order valence-corrected chi connectivity index (χ2v) is 3.41.